The van der Waals surface area contributed by atoms with Crippen molar-refractivity contribution in [3.05, 3.63) is 28.7 Å². The standard InChI is InChI=1S/C15H23BrN2O3S/c1-21-12-4-8-17-7-3-9-18(11-10-17)22(19,20)15-6-2-5-14(16)13-15/h2,5-6,13H,3-4,7-12H2,1H3. The minimum absolute atomic E-state index is 0.356. The molecule has 0 bridgehead atoms. The van der Waals surface area contributed by atoms with Crippen molar-refractivity contribution >= 4 is 26.0 Å². The van der Waals surface area contributed by atoms with Crippen LogP contribution in [0.4, 0.5) is 0 Å². The van der Waals surface area contributed by atoms with Gasteiger partial charge in [0.1, 0.15) is 0 Å². The molecular weight excluding hydrogens is 368 g/mol. The Kier molecular flexibility index (Phi) is 6.83. The van der Waals surface area contributed by atoms with Gasteiger partial charge in [0.25, 0.3) is 0 Å². The van der Waals surface area contributed by atoms with Crippen molar-refractivity contribution in [2.24, 2.45) is 0 Å². The van der Waals surface area contributed by atoms with E-state index in [1.54, 1.807) is 29.6 Å². The lowest BCUT2D eigenvalue weighted by Gasteiger charge is -2.21. The van der Waals surface area contributed by atoms with Crippen LogP contribution < -0.4 is 0 Å². The summed E-state index contributed by atoms with van der Waals surface area (Å²) < 4.78 is 32.9. The van der Waals surface area contributed by atoms with Gasteiger partial charge in [-0.15, -0.1) is 0 Å². The second-order valence-electron chi connectivity index (χ2n) is 5.40. The first-order chi connectivity index (χ1) is 10.5. The normalized spacial score (nSPS) is 18.3. The molecule has 22 heavy (non-hydrogen) atoms. The first kappa shape index (κ1) is 17.9. The van der Waals surface area contributed by atoms with E-state index in [1.807, 2.05) is 6.07 Å². The number of ether oxygens (including phenoxy) is 1. The zero-order valence-electron chi connectivity index (χ0n) is 12.9. The molecule has 0 spiro atoms. The van der Waals surface area contributed by atoms with E-state index in [1.165, 1.54) is 0 Å². The minimum Gasteiger partial charge on any atom is -0.385 e. The molecule has 0 radical (unpaired) electrons. The SMILES string of the molecule is COCCCN1CCCN(S(=O)(=O)c2cccc(Br)c2)CC1. The van der Waals surface area contributed by atoms with Crippen molar-refractivity contribution in [3.63, 3.8) is 0 Å². The van der Waals surface area contributed by atoms with E-state index in [0.717, 1.165) is 43.6 Å². The predicted octanol–water partition coefficient (Wildman–Crippen LogP) is 2.18. The van der Waals surface area contributed by atoms with Crippen LogP contribution in [0.5, 0.6) is 0 Å². The van der Waals surface area contributed by atoms with Gasteiger partial charge in [-0.05, 0) is 37.6 Å². The maximum Gasteiger partial charge on any atom is 0.243 e. The quantitative estimate of drug-likeness (QED) is 0.698. The van der Waals surface area contributed by atoms with Gasteiger partial charge in [-0.3, -0.25) is 0 Å². The van der Waals surface area contributed by atoms with Crippen LogP contribution in [0.1, 0.15) is 12.8 Å². The Balaban J connectivity index is 2.01. The Morgan fingerprint density at radius 3 is 2.77 bits per heavy atom. The molecule has 1 aromatic rings. The summed E-state index contributed by atoms with van der Waals surface area (Å²) in [5.41, 5.74) is 0. The number of rotatable bonds is 6. The van der Waals surface area contributed by atoms with E-state index in [-0.39, 0.29) is 0 Å². The Labute approximate surface area is 141 Å². The average molecular weight is 391 g/mol. The zero-order valence-corrected chi connectivity index (χ0v) is 15.3. The summed E-state index contributed by atoms with van der Waals surface area (Å²) in [5.74, 6) is 0. The lowest BCUT2D eigenvalue weighted by Crippen LogP contribution is -2.35. The lowest BCUT2D eigenvalue weighted by molar-refractivity contribution is 0.173. The molecule has 5 nitrogen and oxygen atoms in total. The molecule has 124 valence electrons. The number of nitrogens with zero attached hydrogens (tertiary/aromatic N) is 2. The average Bonchev–Trinajstić information content (AvgIpc) is 2.74. The minimum atomic E-state index is -3.40. The molecule has 0 saturated carbocycles. The van der Waals surface area contributed by atoms with Crippen molar-refractivity contribution < 1.29 is 13.2 Å². The number of sulfonamides is 1. The molecular formula is C15H23BrN2O3S. The van der Waals surface area contributed by atoms with Crippen molar-refractivity contribution in [1.82, 2.24) is 9.21 Å². The van der Waals surface area contributed by atoms with Crippen LogP contribution in [0.2, 0.25) is 0 Å². The van der Waals surface area contributed by atoms with Crippen molar-refractivity contribution in [2.45, 2.75) is 17.7 Å². The van der Waals surface area contributed by atoms with Gasteiger partial charge in [-0.2, -0.15) is 4.31 Å². The third-order valence-corrected chi connectivity index (χ3v) is 6.19. The Bertz CT molecular complexity index is 580. The van der Waals surface area contributed by atoms with Crippen molar-refractivity contribution in [3.8, 4) is 0 Å². The highest BCUT2D eigenvalue weighted by molar-refractivity contribution is 9.10. The highest BCUT2D eigenvalue weighted by Gasteiger charge is 2.26. The molecule has 1 heterocycles. The molecule has 2 rings (SSSR count). The van der Waals surface area contributed by atoms with Crippen LogP contribution in [0.3, 0.4) is 0 Å². The summed E-state index contributed by atoms with van der Waals surface area (Å²) in [7, 11) is -1.70. The van der Waals surface area contributed by atoms with Gasteiger partial charge in [-0.1, -0.05) is 22.0 Å². The molecule has 1 fully saturated rings. The van der Waals surface area contributed by atoms with Gasteiger partial charge in [0.15, 0.2) is 0 Å². The Morgan fingerprint density at radius 1 is 1.23 bits per heavy atom. The fourth-order valence-corrected chi connectivity index (χ4v) is 4.69. The second kappa shape index (κ2) is 8.40. The van der Waals surface area contributed by atoms with Gasteiger partial charge in [0, 0.05) is 44.4 Å². The molecule has 0 amide bonds. The van der Waals surface area contributed by atoms with E-state index in [2.05, 4.69) is 20.8 Å². The van der Waals surface area contributed by atoms with Crippen LogP contribution in [0.15, 0.2) is 33.6 Å². The molecule has 7 heteroatoms. The molecule has 0 unspecified atom stereocenters. The first-order valence-corrected chi connectivity index (χ1v) is 9.74. The van der Waals surface area contributed by atoms with Gasteiger partial charge in [0.05, 0.1) is 4.90 Å². The molecule has 0 atom stereocenters. The van der Waals surface area contributed by atoms with Crippen molar-refractivity contribution in [1.29, 1.82) is 0 Å². The number of hydrogen-bond acceptors (Lipinski definition) is 4. The molecule has 1 aliphatic heterocycles. The van der Waals surface area contributed by atoms with E-state index < -0.39 is 10.0 Å². The maximum atomic E-state index is 12.7. The molecule has 1 aromatic carbocycles. The van der Waals surface area contributed by atoms with Crippen LogP contribution in [-0.2, 0) is 14.8 Å². The van der Waals surface area contributed by atoms with Gasteiger partial charge in [-0.25, -0.2) is 8.42 Å². The van der Waals surface area contributed by atoms with Gasteiger partial charge >= 0.3 is 0 Å². The van der Waals surface area contributed by atoms with Crippen LogP contribution in [0, 0.1) is 0 Å². The molecule has 1 aliphatic rings. The number of methoxy groups -OCH3 is 1. The van der Waals surface area contributed by atoms with Crippen LogP contribution in [0.25, 0.3) is 0 Å². The summed E-state index contributed by atoms with van der Waals surface area (Å²) in [4.78, 5) is 2.67. The summed E-state index contributed by atoms with van der Waals surface area (Å²) >= 11 is 3.34. The summed E-state index contributed by atoms with van der Waals surface area (Å²) in [6, 6.07) is 6.91. The molecule has 0 aromatic heterocycles. The zero-order chi connectivity index (χ0) is 16.0. The highest BCUT2D eigenvalue weighted by Crippen LogP contribution is 2.21. The van der Waals surface area contributed by atoms with Gasteiger partial charge < -0.3 is 9.64 Å². The maximum absolute atomic E-state index is 12.7. The third-order valence-electron chi connectivity index (χ3n) is 3.80. The highest BCUT2D eigenvalue weighted by atomic mass is 79.9. The number of hydrogen-bond donors (Lipinski definition) is 0. The van der Waals surface area contributed by atoms with Crippen molar-refractivity contribution in [2.75, 3.05) is 46.4 Å². The predicted molar refractivity (Wildman–Crippen MR) is 90.5 cm³/mol. The fraction of sp³-hybridized carbons (Fsp3) is 0.600. The summed E-state index contributed by atoms with van der Waals surface area (Å²) in [6.07, 6.45) is 1.84. The summed E-state index contributed by atoms with van der Waals surface area (Å²) in [5, 5.41) is 0. The number of halogens is 1. The van der Waals surface area contributed by atoms with E-state index in [0.29, 0.717) is 18.0 Å². The van der Waals surface area contributed by atoms with Crippen LogP contribution in [-0.4, -0.2) is 64.1 Å². The largest absolute Gasteiger partial charge is 0.385 e. The molecule has 0 N–H and O–H groups in total. The Morgan fingerprint density at radius 2 is 2.05 bits per heavy atom. The van der Waals surface area contributed by atoms with E-state index in [9.17, 15) is 8.42 Å². The first-order valence-electron chi connectivity index (χ1n) is 7.51. The molecule has 0 aliphatic carbocycles. The summed E-state index contributed by atoms with van der Waals surface area (Å²) in [6.45, 7) is 4.54. The van der Waals surface area contributed by atoms with Crippen LogP contribution >= 0.6 is 15.9 Å². The monoisotopic (exact) mass is 390 g/mol. The third kappa shape index (κ3) is 4.76. The number of benzene rings is 1. The second-order valence-corrected chi connectivity index (χ2v) is 8.26. The lowest BCUT2D eigenvalue weighted by atomic mass is 10.3. The van der Waals surface area contributed by atoms with E-state index in [4.69, 9.17) is 4.74 Å². The topological polar surface area (TPSA) is 49.9 Å². The fourth-order valence-electron chi connectivity index (χ4n) is 2.62. The Hall–Kier alpha value is -0.470. The molecule has 1 saturated heterocycles. The van der Waals surface area contributed by atoms with E-state index >= 15 is 0 Å². The van der Waals surface area contributed by atoms with Gasteiger partial charge in [0.2, 0.25) is 10.0 Å². The smallest absolute Gasteiger partial charge is 0.243 e.